The largest absolute Gasteiger partial charge is 0.352 e. The number of aromatic nitrogens is 2. The average Bonchev–Trinajstić information content (AvgIpc) is 2.98. The lowest BCUT2D eigenvalue weighted by molar-refractivity contribution is -0.146. The Labute approximate surface area is 120 Å². The van der Waals surface area contributed by atoms with Crippen molar-refractivity contribution >= 4 is 28.7 Å². The average molecular weight is 285 g/mol. The second kappa shape index (κ2) is 4.47. The number of carbonyl (C=O) groups excluding carboxylic acids is 2. The number of aromatic amines is 1. The summed E-state index contributed by atoms with van der Waals surface area (Å²) < 4.78 is 0. The van der Waals surface area contributed by atoms with Crippen LogP contribution in [0.3, 0.4) is 0 Å². The fourth-order valence-electron chi connectivity index (χ4n) is 2.99. The third-order valence-corrected chi connectivity index (χ3v) is 4.14. The van der Waals surface area contributed by atoms with Crippen molar-refractivity contribution in [2.75, 3.05) is 31.1 Å². The summed E-state index contributed by atoms with van der Waals surface area (Å²) in [5, 5.41) is 3.70. The lowest BCUT2D eigenvalue weighted by Crippen LogP contribution is -2.66. The number of carbonyl (C=O) groups is 2. The molecule has 0 bridgehead atoms. The summed E-state index contributed by atoms with van der Waals surface area (Å²) in [4.78, 5) is 35.2. The number of piperazine rings is 2. The molecule has 2 fully saturated rings. The topological polar surface area (TPSA) is 81.3 Å². The Morgan fingerprint density at radius 2 is 2.10 bits per heavy atom. The molecule has 1 atom stereocenters. The summed E-state index contributed by atoms with van der Waals surface area (Å²) >= 11 is 0. The number of nitrogens with one attached hydrogen (secondary N) is 2. The van der Waals surface area contributed by atoms with E-state index in [1.807, 2.05) is 24.4 Å². The molecule has 2 aromatic heterocycles. The van der Waals surface area contributed by atoms with E-state index >= 15 is 0 Å². The number of hydrogen-bond acceptors (Lipinski definition) is 4. The first-order valence-electron chi connectivity index (χ1n) is 6.98. The summed E-state index contributed by atoms with van der Waals surface area (Å²) in [6, 6.07) is 5.51. The molecule has 2 saturated heterocycles. The van der Waals surface area contributed by atoms with Crippen molar-refractivity contribution in [2.24, 2.45) is 0 Å². The van der Waals surface area contributed by atoms with Crippen LogP contribution in [0.4, 0.5) is 5.82 Å². The Balaban J connectivity index is 1.62. The molecular formula is C14H15N5O2. The van der Waals surface area contributed by atoms with Crippen molar-refractivity contribution in [1.29, 1.82) is 0 Å². The van der Waals surface area contributed by atoms with Crippen LogP contribution in [0.2, 0.25) is 0 Å². The molecule has 4 rings (SSSR count). The summed E-state index contributed by atoms with van der Waals surface area (Å²) in [6.07, 6.45) is 1.85. The van der Waals surface area contributed by atoms with Gasteiger partial charge in [-0.25, -0.2) is 4.98 Å². The van der Waals surface area contributed by atoms with E-state index in [0.29, 0.717) is 19.6 Å². The van der Waals surface area contributed by atoms with Crippen LogP contribution in [0.25, 0.3) is 11.0 Å². The number of rotatable bonds is 1. The fraction of sp³-hybridized carbons (Fsp3) is 0.357. The SMILES string of the molecule is O=C1NCC(=O)N2CCN(c3ccc4cc[nH]c4n3)C[C@@H]12. The normalized spacial score (nSPS) is 22.4. The monoisotopic (exact) mass is 285 g/mol. The smallest absolute Gasteiger partial charge is 0.245 e. The number of fused-ring (bicyclic) bond motifs is 2. The highest BCUT2D eigenvalue weighted by molar-refractivity contribution is 5.95. The van der Waals surface area contributed by atoms with E-state index in [0.717, 1.165) is 16.9 Å². The number of nitrogens with zero attached hydrogens (tertiary/aromatic N) is 3. The Bertz CT molecular complexity index is 725. The minimum atomic E-state index is -0.416. The third-order valence-electron chi connectivity index (χ3n) is 4.14. The number of H-pyrrole nitrogens is 1. The Morgan fingerprint density at radius 1 is 1.19 bits per heavy atom. The number of anilines is 1. The van der Waals surface area contributed by atoms with Gasteiger partial charge in [0.25, 0.3) is 0 Å². The quantitative estimate of drug-likeness (QED) is 0.754. The van der Waals surface area contributed by atoms with Crippen molar-refractivity contribution in [3.05, 3.63) is 24.4 Å². The van der Waals surface area contributed by atoms with Crippen LogP contribution in [0, 0.1) is 0 Å². The maximum absolute atomic E-state index is 12.0. The van der Waals surface area contributed by atoms with Gasteiger partial charge in [0.15, 0.2) is 0 Å². The zero-order valence-electron chi connectivity index (χ0n) is 11.4. The highest BCUT2D eigenvalue weighted by Crippen LogP contribution is 2.21. The summed E-state index contributed by atoms with van der Waals surface area (Å²) in [5.41, 5.74) is 0.833. The number of hydrogen-bond donors (Lipinski definition) is 2. The molecule has 2 aromatic rings. The zero-order chi connectivity index (χ0) is 14.4. The first kappa shape index (κ1) is 12.2. The van der Waals surface area contributed by atoms with E-state index in [2.05, 4.69) is 20.2 Å². The first-order chi connectivity index (χ1) is 10.2. The van der Waals surface area contributed by atoms with Crippen molar-refractivity contribution in [1.82, 2.24) is 20.2 Å². The van der Waals surface area contributed by atoms with Crippen molar-refractivity contribution in [3.8, 4) is 0 Å². The molecule has 0 radical (unpaired) electrons. The molecular weight excluding hydrogens is 270 g/mol. The molecule has 7 heteroatoms. The molecule has 2 amide bonds. The summed E-state index contributed by atoms with van der Waals surface area (Å²) in [5.74, 6) is 0.739. The standard InChI is InChI=1S/C14H15N5O2/c20-12-7-16-14(21)10-8-18(5-6-19(10)12)11-2-1-9-3-4-15-13(9)17-11/h1-4,10H,5-8H2,(H,15,17)(H,16,21)/t10-/m0/s1. The van der Waals surface area contributed by atoms with Gasteiger partial charge in [-0.15, -0.1) is 0 Å². The molecule has 21 heavy (non-hydrogen) atoms. The van der Waals surface area contributed by atoms with Crippen LogP contribution < -0.4 is 10.2 Å². The van der Waals surface area contributed by atoms with Crippen LogP contribution >= 0.6 is 0 Å². The second-order valence-electron chi connectivity index (χ2n) is 5.35. The molecule has 2 N–H and O–H groups in total. The Morgan fingerprint density at radius 3 is 3.00 bits per heavy atom. The number of amides is 2. The molecule has 0 aliphatic carbocycles. The summed E-state index contributed by atoms with van der Waals surface area (Å²) in [6.45, 7) is 1.84. The van der Waals surface area contributed by atoms with Crippen LogP contribution in [0.5, 0.6) is 0 Å². The molecule has 0 spiro atoms. The molecule has 4 heterocycles. The van der Waals surface area contributed by atoms with Crippen LogP contribution in [-0.4, -0.2) is 58.9 Å². The summed E-state index contributed by atoms with van der Waals surface area (Å²) in [7, 11) is 0. The highest BCUT2D eigenvalue weighted by Gasteiger charge is 2.38. The molecule has 0 saturated carbocycles. The fourth-order valence-corrected chi connectivity index (χ4v) is 2.99. The molecule has 0 aromatic carbocycles. The Hall–Kier alpha value is -2.57. The number of pyridine rings is 1. The zero-order valence-corrected chi connectivity index (χ0v) is 11.4. The predicted octanol–water partition coefficient (Wildman–Crippen LogP) is -0.290. The van der Waals surface area contributed by atoms with Crippen LogP contribution in [0.15, 0.2) is 24.4 Å². The molecule has 2 aliphatic heterocycles. The maximum atomic E-state index is 12.0. The van der Waals surface area contributed by atoms with Crippen molar-refractivity contribution in [3.63, 3.8) is 0 Å². The van der Waals surface area contributed by atoms with Gasteiger partial charge >= 0.3 is 0 Å². The molecule has 0 unspecified atom stereocenters. The van der Waals surface area contributed by atoms with E-state index in [1.54, 1.807) is 4.90 Å². The van der Waals surface area contributed by atoms with E-state index in [-0.39, 0.29) is 18.4 Å². The van der Waals surface area contributed by atoms with Gasteiger partial charge in [-0.2, -0.15) is 0 Å². The van der Waals surface area contributed by atoms with E-state index in [4.69, 9.17) is 0 Å². The third kappa shape index (κ3) is 1.93. The minimum absolute atomic E-state index is 0.00738. The minimum Gasteiger partial charge on any atom is -0.352 e. The van der Waals surface area contributed by atoms with Gasteiger partial charge in [0, 0.05) is 31.2 Å². The van der Waals surface area contributed by atoms with Gasteiger partial charge in [-0.3, -0.25) is 9.59 Å². The lowest BCUT2D eigenvalue weighted by atomic mass is 10.1. The van der Waals surface area contributed by atoms with Gasteiger partial charge < -0.3 is 20.1 Å². The predicted molar refractivity (Wildman–Crippen MR) is 76.8 cm³/mol. The van der Waals surface area contributed by atoms with Crippen LogP contribution in [-0.2, 0) is 9.59 Å². The molecule has 108 valence electrons. The van der Waals surface area contributed by atoms with Gasteiger partial charge in [-0.05, 0) is 18.2 Å². The van der Waals surface area contributed by atoms with Gasteiger partial charge in [0.05, 0.1) is 6.54 Å². The van der Waals surface area contributed by atoms with Gasteiger partial charge in [0.1, 0.15) is 17.5 Å². The highest BCUT2D eigenvalue weighted by atomic mass is 16.2. The van der Waals surface area contributed by atoms with Crippen LogP contribution in [0.1, 0.15) is 0 Å². The van der Waals surface area contributed by atoms with Crippen molar-refractivity contribution in [2.45, 2.75) is 6.04 Å². The molecule has 2 aliphatic rings. The van der Waals surface area contributed by atoms with E-state index in [9.17, 15) is 9.59 Å². The maximum Gasteiger partial charge on any atom is 0.245 e. The van der Waals surface area contributed by atoms with E-state index in [1.165, 1.54) is 0 Å². The van der Waals surface area contributed by atoms with E-state index < -0.39 is 6.04 Å². The second-order valence-corrected chi connectivity index (χ2v) is 5.35. The van der Waals surface area contributed by atoms with Gasteiger partial charge in [0.2, 0.25) is 11.8 Å². The first-order valence-corrected chi connectivity index (χ1v) is 6.98. The van der Waals surface area contributed by atoms with Crippen molar-refractivity contribution < 1.29 is 9.59 Å². The lowest BCUT2D eigenvalue weighted by Gasteiger charge is -2.43. The Kier molecular flexibility index (Phi) is 2.60. The molecule has 7 nitrogen and oxygen atoms in total. The van der Waals surface area contributed by atoms with Gasteiger partial charge in [-0.1, -0.05) is 0 Å².